The maximum absolute atomic E-state index is 12.7. The summed E-state index contributed by atoms with van der Waals surface area (Å²) in [5.74, 6) is 0.0996. The van der Waals surface area contributed by atoms with E-state index in [0.717, 1.165) is 35.1 Å². The Hall–Kier alpha value is -2.74. The van der Waals surface area contributed by atoms with Gasteiger partial charge in [0.2, 0.25) is 0 Å². The van der Waals surface area contributed by atoms with Gasteiger partial charge in [-0.1, -0.05) is 19.4 Å². The van der Waals surface area contributed by atoms with Crippen LogP contribution in [0.2, 0.25) is 0 Å². The molecule has 0 saturated carbocycles. The molecule has 1 aromatic carbocycles. The van der Waals surface area contributed by atoms with Crippen LogP contribution in [-0.4, -0.2) is 48.4 Å². The summed E-state index contributed by atoms with van der Waals surface area (Å²) in [6.45, 7) is 10.4. The topological polar surface area (TPSA) is 82.1 Å². The Balaban J connectivity index is 2.27. The summed E-state index contributed by atoms with van der Waals surface area (Å²) in [5.41, 5.74) is 1.56. The normalized spacial score (nSPS) is 14.8. The number of esters is 1. The van der Waals surface area contributed by atoms with Gasteiger partial charge in [-0.05, 0) is 62.2 Å². The number of nitrogens with zero attached hydrogens (tertiary/aromatic N) is 1. The maximum atomic E-state index is 12.7. The number of allylic oxidation sites excluding steroid dienone is 1. The Morgan fingerprint density at radius 1 is 1.16 bits per heavy atom. The smallest absolute Gasteiger partial charge is 0.326 e. The van der Waals surface area contributed by atoms with E-state index in [1.807, 2.05) is 26.8 Å². The van der Waals surface area contributed by atoms with Gasteiger partial charge in [-0.25, -0.2) is 0 Å². The van der Waals surface area contributed by atoms with Crippen molar-refractivity contribution in [2.24, 2.45) is 0 Å². The quantitative estimate of drug-likeness (QED) is 0.201. The molecular formula is C23H29NO6S. The molecule has 1 saturated heterocycles. The standard InChI is InChI=1S/C23H29NO6S/c1-5-9-11-30-20(25)15-24-22(26)19(31-23(24)27)14-16-12-17(10-6-2)21(29-8-4)18(13-16)28-7-3/h6,12-14H,2,5,7-11,15H2,1,3-4H3/b19-14+. The number of hydrogen-bond acceptors (Lipinski definition) is 7. The molecule has 0 aromatic heterocycles. The van der Waals surface area contributed by atoms with Gasteiger partial charge in [-0.15, -0.1) is 6.58 Å². The molecule has 1 heterocycles. The molecule has 8 heteroatoms. The number of ether oxygens (including phenoxy) is 3. The van der Waals surface area contributed by atoms with Crippen molar-refractivity contribution < 1.29 is 28.6 Å². The lowest BCUT2D eigenvalue weighted by Crippen LogP contribution is -2.34. The molecule has 0 bridgehead atoms. The fraction of sp³-hybridized carbons (Fsp3) is 0.435. The first-order chi connectivity index (χ1) is 14.9. The van der Waals surface area contributed by atoms with E-state index < -0.39 is 17.1 Å². The molecule has 7 nitrogen and oxygen atoms in total. The minimum atomic E-state index is -0.593. The predicted octanol–water partition coefficient (Wildman–Crippen LogP) is 4.59. The van der Waals surface area contributed by atoms with Gasteiger partial charge in [0.05, 0.1) is 24.7 Å². The minimum Gasteiger partial charge on any atom is -0.490 e. The Labute approximate surface area is 187 Å². The van der Waals surface area contributed by atoms with E-state index in [4.69, 9.17) is 14.2 Å². The molecule has 1 aliphatic heterocycles. The third-order valence-electron chi connectivity index (χ3n) is 4.33. The first kappa shape index (κ1) is 24.5. The third-order valence-corrected chi connectivity index (χ3v) is 5.23. The number of carbonyl (C=O) groups is 3. The number of amides is 2. The first-order valence-corrected chi connectivity index (χ1v) is 11.2. The average Bonchev–Trinajstić information content (AvgIpc) is 2.98. The molecule has 168 valence electrons. The molecule has 2 rings (SSSR count). The number of benzene rings is 1. The van der Waals surface area contributed by atoms with E-state index in [2.05, 4.69) is 6.58 Å². The minimum absolute atomic E-state index is 0.238. The van der Waals surface area contributed by atoms with Crippen LogP contribution < -0.4 is 9.47 Å². The van der Waals surface area contributed by atoms with Gasteiger partial charge in [-0.3, -0.25) is 19.3 Å². The molecule has 0 N–H and O–H groups in total. The zero-order chi connectivity index (χ0) is 22.8. The van der Waals surface area contributed by atoms with Gasteiger partial charge in [-0.2, -0.15) is 0 Å². The molecule has 1 fully saturated rings. The van der Waals surface area contributed by atoms with Crippen LogP contribution in [0, 0.1) is 0 Å². The Morgan fingerprint density at radius 3 is 2.55 bits per heavy atom. The molecule has 0 radical (unpaired) electrons. The summed E-state index contributed by atoms with van der Waals surface area (Å²) in [5, 5.41) is -0.494. The molecule has 0 aliphatic carbocycles. The highest BCUT2D eigenvalue weighted by atomic mass is 32.2. The second kappa shape index (κ2) is 12.2. The van der Waals surface area contributed by atoms with E-state index in [9.17, 15) is 14.4 Å². The molecule has 2 amide bonds. The van der Waals surface area contributed by atoms with Gasteiger partial charge in [0.1, 0.15) is 6.54 Å². The SMILES string of the molecule is C=CCc1cc(/C=C2/SC(=O)N(CC(=O)OCCCC)C2=O)cc(OCC)c1OCC. The number of imide groups is 1. The summed E-state index contributed by atoms with van der Waals surface area (Å²) in [4.78, 5) is 38.1. The molecule has 1 aromatic rings. The summed E-state index contributed by atoms with van der Waals surface area (Å²) < 4.78 is 16.6. The molecule has 0 unspecified atom stereocenters. The van der Waals surface area contributed by atoms with Crippen molar-refractivity contribution >= 4 is 35.0 Å². The van der Waals surface area contributed by atoms with Crippen molar-refractivity contribution in [1.29, 1.82) is 0 Å². The number of hydrogen-bond donors (Lipinski definition) is 0. The van der Waals surface area contributed by atoms with Crippen molar-refractivity contribution in [2.45, 2.75) is 40.0 Å². The zero-order valence-electron chi connectivity index (χ0n) is 18.3. The van der Waals surface area contributed by atoms with Crippen LogP contribution in [0.1, 0.15) is 44.7 Å². The molecule has 1 aliphatic rings. The lowest BCUT2D eigenvalue weighted by Gasteiger charge is -2.16. The summed E-state index contributed by atoms with van der Waals surface area (Å²) in [6.07, 6.45) is 5.56. The van der Waals surface area contributed by atoms with Gasteiger partial charge in [0, 0.05) is 5.56 Å². The largest absolute Gasteiger partial charge is 0.490 e. The van der Waals surface area contributed by atoms with Gasteiger partial charge >= 0.3 is 5.97 Å². The number of thioether (sulfide) groups is 1. The van der Waals surface area contributed by atoms with Crippen LogP contribution in [0.5, 0.6) is 11.5 Å². The Morgan fingerprint density at radius 2 is 1.90 bits per heavy atom. The van der Waals surface area contributed by atoms with Gasteiger partial charge in [0.15, 0.2) is 11.5 Å². The van der Waals surface area contributed by atoms with Crippen LogP contribution in [0.15, 0.2) is 29.7 Å². The molecular weight excluding hydrogens is 418 g/mol. The number of rotatable bonds is 12. The van der Waals surface area contributed by atoms with Crippen LogP contribution >= 0.6 is 11.8 Å². The maximum Gasteiger partial charge on any atom is 0.326 e. The van der Waals surface area contributed by atoms with Crippen LogP contribution in [0.3, 0.4) is 0 Å². The fourth-order valence-electron chi connectivity index (χ4n) is 2.94. The lowest BCUT2D eigenvalue weighted by molar-refractivity contribution is -0.146. The van der Waals surface area contributed by atoms with E-state index in [0.29, 0.717) is 36.7 Å². The van der Waals surface area contributed by atoms with Crippen molar-refractivity contribution in [3.8, 4) is 11.5 Å². The summed E-state index contributed by atoms with van der Waals surface area (Å²) in [7, 11) is 0. The van der Waals surface area contributed by atoms with Gasteiger partial charge in [0.25, 0.3) is 11.1 Å². The second-order valence-corrected chi connectivity index (χ2v) is 7.70. The highest BCUT2D eigenvalue weighted by Crippen LogP contribution is 2.37. The van der Waals surface area contributed by atoms with Crippen LogP contribution in [0.4, 0.5) is 4.79 Å². The molecule has 31 heavy (non-hydrogen) atoms. The monoisotopic (exact) mass is 447 g/mol. The lowest BCUT2D eigenvalue weighted by atomic mass is 10.0. The average molecular weight is 448 g/mol. The highest BCUT2D eigenvalue weighted by molar-refractivity contribution is 8.18. The Bertz CT molecular complexity index is 864. The zero-order valence-corrected chi connectivity index (χ0v) is 19.1. The van der Waals surface area contributed by atoms with Crippen molar-refractivity contribution in [3.63, 3.8) is 0 Å². The van der Waals surface area contributed by atoms with Crippen LogP contribution in [-0.2, 0) is 20.7 Å². The Kier molecular flexibility index (Phi) is 9.65. The van der Waals surface area contributed by atoms with Crippen molar-refractivity contribution in [3.05, 3.63) is 40.8 Å². The van der Waals surface area contributed by atoms with Crippen molar-refractivity contribution in [2.75, 3.05) is 26.4 Å². The summed E-state index contributed by atoms with van der Waals surface area (Å²) in [6, 6.07) is 3.65. The molecule has 0 atom stereocenters. The second-order valence-electron chi connectivity index (χ2n) is 6.71. The third kappa shape index (κ3) is 6.62. The molecule has 0 spiro atoms. The fourth-order valence-corrected chi connectivity index (χ4v) is 3.78. The van der Waals surface area contributed by atoms with E-state index in [-0.39, 0.29) is 18.1 Å². The van der Waals surface area contributed by atoms with E-state index in [1.54, 1.807) is 18.2 Å². The highest BCUT2D eigenvalue weighted by Gasteiger charge is 2.36. The first-order valence-electron chi connectivity index (χ1n) is 10.4. The van der Waals surface area contributed by atoms with Gasteiger partial charge < -0.3 is 14.2 Å². The van der Waals surface area contributed by atoms with Crippen molar-refractivity contribution in [1.82, 2.24) is 4.90 Å². The van der Waals surface area contributed by atoms with E-state index in [1.165, 1.54) is 0 Å². The number of unbranched alkanes of at least 4 members (excludes halogenated alkanes) is 1. The number of carbonyl (C=O) groups excluding carboxylic acids is 3. The van der Waals surface area contributed by atoms with Crippen LogP contribution in [0.25, 0.3) is 6.08 Å². The predicted molar refractivity (Wildman–Crippen MR) is 121 cm³/mol. The summed E-state index contributed by atoms with van der Waals surface area (Å²) >= 11 is 0.798. The van der Waals surface area contributed by atoms with E-state index >= 15 is 0 Å².